The van der Waals surface area contributed by atoms with Gasteiger partial charge in [-0.15, -0.1) is 0 Å². The van der Waals surface area contributed by atoms with Crippen molar-refractivity contribution in [2.75, 3.05) is 31.1 Å². The molecule has 1 saturated heterocycles. The molecule has 5 rings (SSSR count). The highest BCUT2D eigenvalue weighted by Gasteiger charge is 2.31. The molecule has 1 amide bonds. The number of pyridine rings is 1. The standard InChI is InChI=1S/C21H21N5O2/c1-24-20-15-6-2-3-7-17(15)28-14-16(20)19(23-24)21(27)26-12-10-25(11-13-26)18-8-4-5-9-22-18/h2-9H,10-14H2,1H3. The number of anilines is 1. The van der Waals surface area contributed by atoms with Crippen LogP contribution in [0.15, 0.2) is 48.7 Å². The van der Waals surface area contributed by atoms with Gasteiger partial charge in [0.25, 0.3) is 5.91 Å². The highest BCUT2D eigenvalue weighted by molar-refractivity contribution is 5.96. The Balaban J connectivity index is 1.38. The zero-order chi connectivity index (χ0) is 19.1. The van der Waals surface area contributed by atoms with E-state index in [2.05, 4.69) is 15.0 Å². The normalized spacial score (nSPS) is 15.6. The number of hydrogen-bond donors (Lipinski definition) is 0. The van der Waals surface area contributed by atoms with E-state index in [9.17, 15) is 4.79 Å². The summed E-state index contributed by atoms with van der Waals surface area (Å²) in [6, 6.07) is 13.8. The fourth-order valence-electron chi connectivity index (χ4n) is 3.98. The van der Waals surface area contributed by atoms with Crippen LogP contribution in [0.3, 0.4) is 0 Å². The second kappa shape index (κ2) is 6.67. The molecule has 0 radical (unpaired) electrons. The van der Waals surface area contributed by atoms with Gasteiger partial charge in [-0.05, 0) is 24.3 Å². The Morgan fingerprint density at radius 1 is 1.04 bits per heavy atom. The van der Waals surface area contributed by atoms with Gasteiger partial charge in [-0.3, -0.25) is 9.48 Å². The third kappa shape index (κ3) is 2.70. The summed E-state index contributed by atoms with van der Waals surface area (Å²) >= 11 is 0. The summed E-state index contributed by atoms with van der Waals surface area (Å²) in [6.07, 6.45) is 1.80. The number of para-hydroxylation sites is 1. The number of carbonyl (C=O) groups is 1. The molecule has 0 unspecified atom stereocenters. The van der Waals surface area contributed by atoms with E-state index in [1.54, 1.807) is 10.9 Å². The number of aryl methyl sites for hydroxylation is 1. The number of carbonyl (C=O) groups excluding carboxylic acids is 1. The largest absolute Gasteiger partial charge is 0.488 e. The molecule has 1 fully saturated rings. The van der Waals surface area contributed by atoms with Crippen LogP contribution in [0.5, 0.6) is 5.75 Å². The van der Waals surface area contributed by atoms with Gasteiger partial charge in [-0.2, -0.15) is 5.10 Å². The fraction of sp³-hybridized carbons (Fsp3) is 0.286. The smallest absolute Gasteiger partial charge is 0.274 e. The number of amides is 1. The van der Waals surface area contributed by atoms with Crippen molar-refractivity contribution in [2.24, 2.45) is 7.05 Å². The average molecular weight is 375 g/mol. The van der Waals surface area contributed by atoms with Crippen LogP contribution in [0, 0.1) is 0 Å². The third-order valence-electron chi connectivity index (χ3n) is 5.40. The zero-order valence-corrected chi connectivity index (χ0v) is 15.7. The molecule has 0 aliphatic carbocycles. The van der Waals surface area contributed by atoms with E-state index >= 15 is 0 Å². The minimum absolute atomic E-state index is 0.0273. The number of hydrogen-bond acceptors (Lipinski definition) is 5. The minimum atomic E-state index is -0.0273. The Labute approximate surface area is 163 Å². The lowest BCUT2D eigenvalue weighted by molar-refractivity contribution is 0.0737. The lowest BCUT2D eigenvalue weighted by Gasteiger charge is -2.35. The van der Waals surface area contributed by atoms with Gasteiger partial charge < -0.3 is 14.5 Å². The Bertz CT molecular complexity index is 1020. The summed E-state index contributed by atoms with van der Waals surface area (Å²) in [5.74, 6) is 1.76. The molecule has 0 saturated carbocycles. The topological polar surface area (TPSA) is 63.5 Å². The number of piperazine rings is 1. The summed E-state index contributed by atoms with van der Waals surface area (Å²) in [4.78, 5) is 21.7. The van der Waals surface area contributed by atoms with Crippen LogP contribution in [0.25, 0.3) is 11.3 Å². The lowest BCUT2D eigenvalue weighted by Crippen LogP contribution is -2.49. The Morgan fingerprint density at radius 2 is 1.82 bits per heavy atom. The number of aromatic nitrogens is 3. The van der Waals surface area contributed by atoms with Gasteiger partial charge in [0.05, 0.1) is 5.69 Å². The molecule has 28 heavy (non-hydrogen) atoms. The van der Waals surface area contributed by atoms with Gasteiger partial charge in [0.2, 0.25) is 0 Å². The maximum atomic E-state index is 13.2. The van der Waals surface area contributed by atoms with E-state index in [4.69, 9.17) is 4.74 Å². The highest BCUT2D eigenvalue weighted by atomic mass is 16.5. The van der Waals surface area contributed by atoms with Crippen molar-refractivity contribution >= 4 is 11.7 Å². The summed E-state index contributed by atoms with van der Waals surface area (Å²) in [6.45, 7) is 3.19. The van der Waals surface area contributed by atoms with Crippen LogP contribution in [-0.2, 0) is 13.7 Å². The van der Waals surface area contributed by atoms with Gasteiger partial charge in [0.15, 0.2) is 5.69 Å². The fourth-order valence-corrected chi connectivity index (χ4v) is 3.98. The van der Waals surface area contributed by atoms with Crippen LogP contribution in [0.2, 0.25) is 0 Å². The van der Waals surface area contributed by atoms with Gasteiger partial charge in [-0.25, -0.2) is 4.98 Å². The van der Waals surface area contributed by atoms with Gasteiger partial charge in [0.1, 0.15) is 18.2 Å². The maximum absolute atomic E-state index is 13.2. The molecule has 4 heterocycles. The molecule has 0 atom stereocenters. The number of benzene rings is 1. The highest BCUT2D eigenvalue weighted by Crippen LogP contribution is 2.38. The summed E-state index contributed by atoms with van der Waals surface area (Å²) < 4.78 is 7.68. The number of ether oxygens (including phenoxy) is 1. The molecule has 7 heteroatoms. The van der Waals surface area contributed by atoms with Crippen molar-refractivity contribution in [1.82, 2.24) is 19.7 Å². The van der Waals surface area contributed by atoms with Crippen molar-refractivity contribution < 1.29 is 9.53 Å². The van der Waals surface area contributed by atoms with Crippen molar-refractivity contribution in [3.63, 3.8) is 0 Å². The zero-order valence-electron chi connectivity index (χ0n) is 15.7. The van der Waals surface area contributed by atoms with Gasteiger partial charge in [-0.1, -0.05) is 18.2 Å². The number of fused-ring (bicyclic) bond motifs is 3. The summed E-state index contributed by atoms with van der Waals surface area (Å²) in [5, 5.41) is 4.56. The van der Waals surface area contributed by atoms with E-state index in [0.29, 0.717) is 25.4 Å². The van der Waals surface area contributed by atoms with Gasteiger partial charge >= 0.3 is 0 Å². The molecule has 3 aromatic rings. The SMILES string of the molecule is Cn1nc(C(=O)N2CCN(c3ccccn3)CC2)c2c1-c1ccccc1OC2. The minimum Gasteiger partial charge on any atom is -0.488 e. The Morgan fingerprint density at radius 3 is 2.61 bits per heavy atom. The quantitative estimate of drug-likeness (QED) is 0.688. The van der Waals surface area contributed by atoms with E-state index in [-0.39, 0.29) is 5.91 Å². The first-order chi connectivity index (χ1) is 13.7. The number of rotatable bonds is 2. The van der Waals surface area contributed by atoms with Gasteiger partial charge in [0, 0.05) is 50.6 Å². The molecule has 2 aliphatic rings. The number of nitrogens with zero attached hydrogens (tertiary/aromatic N) is 5. The first kappa shape index (κ1) is 16.8. The second-order valence-corrected chi connectivity index (χ2v) is 7.05. The monoisotopic (exact) mass is 375 g/mol. The van der Waals surface area contributed by atoms with Crippen LogP contribution < -0.4 is 9.64 Å². The Kier molecular flexibility index (Phi) is 4.00. The van der Waals surface area contributed by atoms with Crippen molar-refractivity contribution in [3.8, 4) is 17.0 Å². The van der Waals surface area contributed by atoms with Crippen LogP contribution >= 0.6 is 0 Å². The summed E-state index contributed by atoms with van der Waals surface area (Å²) in [7, 11) is 1.89. The molecule has 2 aliphatic heterocycles. The molecular formula is C21H21N5O2. The molecule has 0 spiro atoms. The molecule has 0 bridgehead atoms. The van der Waals surface area contributed by atoms with E-state index in [0.717, 1.165) is 41.5 Å². The second-order valence-electron chi connectivity index (χ2n) is 7.05. The summed E-state index contributed by atoms with van der Waals surface area (Å²) in [5.41, 5.74) is 3.33. The first-order valence-corrected chi connectivity index (χ1v) is 9.45. The van der Waals surface area contributed by atoms with Crippen LogP contribution in [-0.4, -0.2) is 51.8 Å². The van der Waals surface area contributed by atoms with E-state index in [1.165, 1.54) is 0 Å². The van der Waals surface area contributed by atoms with E-state index in [1.807, 2.05) is 54.4 Å². The van der Waals surface area contributed by atoms with Crippen LogP contribution in [0.4, 0.5) is 5.82 Å². The average Bonchev–Trinajstić information content (AvgIpc) is 3.11. The van der Waals surface area contributed by atoms with E-state index < -0.39 is 0 Å². The Hall–Kier alpha value is -3.35. The molecular weight excluding hydrogens is 354 g/mol. The van der Waals surface area contributed by atoms with Crippen molar-refractivity contribution in [3.05, 3.63) is 59.9 Å². The van der Waals surface area contributed by atoms with Crippen molar-refractivity contribution in [2.45, 2.75) is 6.61 Å². The molecule has 142 valence electrons. The third-order valence-corrected chi connectivity index (χ3v) is 5.40. The lowest BCUT2D eigenvalue weighted by atomic mass is 10.0. The molecule has 2 aromatic heterocycles. The maximum Gasteiger partial charge on any atom is 0.274 e. The van der Waals surface area contributed by atoms with Crippen LogP contribution in [0.1, 0.15) is 16.1 Å². The first-order valence-electron chi connectivity index (χ1n) is 9.45. The molecule has 7 nitrogen and oxygen atoms in total. The predicted octanol–water partition coefficient (Wildman–Crippen LogP) is 2.34. The molecule has 1 aromatic carbocycles. The van der Waals surface area contributed by atoms with Crippen molar-refractivity contribution in [1.29, 1.82) is 0 Å². The predicted molar refractivity (Wildman–Crippen MR) is 105 cm³/mol. The molecule has 0 N–H and O–H groups in total.